The molecule has 1 unspecified atom stereocenters. The lowest BCUT2D eigenvalue weighted by molar-refractivity contribution is -0.141. The molecule has 1 amide bonds. The molecule has 0 radical (unpaired) electrons. The Bertz CT molecular complexity index is 1030. The van der Waals surface area contributed by atoms with Crippen molar-refractivity contribution in [2.75, 3.05) is 7.11 Å². The highest BCUT2D eigenvalue weighted by Gasteiger charge is 2.18. The maximum atomic E-state index is 12.4. The van der Waals surface area contributed by atoms with E-state index < -0.39 is 6.04 Å². The predicted molar refractivity (Wildman–Crippen MR) is 109 cm³/mol. The monoisotopic (exact) mass is 374 g/mol. The Morgan fingerprint density at radius 2 is 1.93 bits per heavy atom. The number of methoxy groups -OCH3 is 1. The van der Waals surface area contributed by atoms with Gasteiger partial charge < -0.3 is 10.1 Å². The van der Waals surface area contributed by atoms with Crippen LogP contribution in [0.25, 0.3) is 17.0 Å². The molecule has 5 heteroatoms. The number of hydrogen-bond donors (Lipinski definition) is 1. The van der Waals surface area contributed by atoms with Gasteiger partial charge >= 0.3 is 5.97 Å². The molecule has 1 heterocycles. The van der Waals surface area contributed by atoms with Gasteiger partial charge in [0.1, 0.15) is 0 Å². The van der Waals surface area contributed by atoms with Gasteiger partial charge in [-0.25, -0.2) is 4.98 Å². The van der Waals surface area contributed by atoms with Crippen LogP contribution in [-0.4, -0.2) is 24.0 Å². The van der Waals surface area contributed by atoms with Gasteiger partial charge in [0.25, 0.3) is 0 Å². The van der Waals surface area contributed by atoms with Crippen molar-refractivity contribution in [2.24, 2.45) is 0 Å². The highest BCUT2D eigenvalue weighted by atomic mass is 16.5. The number of benzene rings is 2. The van der Waals surface area contributed by atoms with E-state index in [4.69, 9.17) is 4.74 Å². The molecule has 0 saturated heterocycles. The van der Waals surface area contributed by atoms with Gasteiger partial charge in [-0.1, -0.05) is 54.1 Å². The molecule has 3 rings (SSSR count). The number of fused-ring (bicyclic) bond motifs is 1. The predicted octanol–water partition coefficient (Wildman–Crippen LogP) is 3.98. The first-order chi connectivity index (χ1) is 13.5. The summed E-state index contributed by atoms with van der Waals surface area (Å²) in [7, 11) is 1.34. The van der Waals surface area contributed by atoms with E-state index in [1.807, 2.05) is 67.6 Å². The molecule has 0 aliphatic carbocycles. The minimum atomic E-state index is -0.464. The van der Waals surface area contributed by atoms with E-state index in [0.29, 0.717) is 5.69 Å². The second-order valence-corrected chi connectivity index (χ2v) is 6.52. The summed E-state index contributed by atoms with van der Waals surface area (Å²) >= 11 is 0. The van der Waals surface area contributed by atoms with Crippen molar-refractivity contribution < 1.29 is 14.3 Å². The van der Waals surface area contributed by atoms with E-state index in [-0.39, 0.29) is 18.3 Å². The van der Waals surface area contributed by atoms with Crippen LogP contribution in [0.2, 0.25) is 0 Å². The summed E-state index contributed by atoms with van der Waals surface area (Å²) in [4.78, 5) is 28.7. The Kier molecular flexibility index (Phi) is 6.17. The molecular weight excluding hydrogens is 352 g/mol. The Hall–Kier alpha value is -3.47. The molecular formula is C23H22N2O3. The first-order valence-electron chi connectivity index (χ1n) is 9.03. The maximum absolute atomic E-state index is 12.4. The normalized spacial score (nSPS) is 12.1. The number of nitrogens with zero attached hydrogens (tertiary/aromatic N) is 1. The molecule has 0 bridgehead atoms. The van der Waals surface area contributed by atoms with E-state index in [0.717, 1.165) is 22.0 Å². The lowest BCUT2D eigenvalue weighted by Gasteiger charge is -2.17. The van der Waals surface area contributed by atoms with Crippen molar-refractivity contribution in [3.63, 3.8) is 0 Å². The largest absolute Gasteiger partial charge is 0.469 e. The first kappa shape index (κ1) is 19.3. The van der Waals surface area contributed by atoms with Gasteiger partial charge in [0.05, 0.1) is 30.8 Å². The summed E-state index contributed by atoms with van der Waals surface area (Å²) in [5, 5.41) is 3.92. The quantitative estimate of drug-likeness (QED) is 0.523. The minimum Gasteiger partial charge on any atom is -0.469 e. The van der Waals surface area contributed by atoms with E-state index in [1.54, 1.807) is 6.08 Å². The number of aromatic nitrogens is 1. The smallest absolute Gasteiger partial charge is 0.307 e. The summed E-state index contributed by atoms with van der Waals surface area (Å²) in [6.45, 7) is 1.96. The van der Waals surface area contributed by atoms with E-state index in [2.05, 4.69) is 10.3 Å². The SMILES string of the molecule is COC(=O)CC(NC(=O)/C=C/c1ccc2ccccc2n1)c1cccc(C)c1. The van der Waals surface area contributed by atoms with Crippen molar-refractivity contribution in [3.05, 3.63) is 83.6 Å². The Morgan fingerprint density at radius 1 is 1.11 bits per heavy atom. The van der Waals surface area contributed by atoms with Crippen LogP contribution in [0.4, 0.5) is 0 Å². The second kappa shape index (κ2) is 8.95. The zero-order valence-corrected chi connectivity index (χ0v) is 15.9. The van der Waals surface area contributed by atoms with Gasteiger partial charge in [-0.3, -0.25) is 9.59 Å². The number of esters is 1. The van der Waals surface area contributed by atoms with Gasteiger partial charge in [0, 0.05) is 11.5 Å². The molecule has 28 heavy (non-hydrogen) atoms. The number of nitrogens with one attached hydrogen (secondary N) is 1. The number of hydrogen-bond acceptors (Lipinski definition) is 4. The first-order valence-corrected chi connectivity index (χ1v) is 9.03. The standard InChI is InChI=1S/C23H22N2O3/c1-16-6-5-8-18(14-16)21(15-23(27)28-2)25-22(26)13-12-19-11-10-17-7-3-4-9-20(17)24-19/h3-14,21H,15H2,1-2H3,(H,25,26)/b13-12+. The van der Waals surface area contributed by atoms with Crippen molar-refractivity contribution in [1.82, 2.24) is 10.3 Å². The summed E-state index contributed by atoms with van der Waals surface area (Å²) in [5.41, 5.74) is 3.47. The van der Waals surface area contributed by atoms with Gasteiger partial charge in [0.15, 0.2) is 0 Å². The fourth-order valence-electron chi connectivity index (χ4n) is 2.94. The van der Waals surface area contributed by atoms with Crippen LogP contribution in [0.3, 0.4) is 0 Å². The highest BCUT2D eigenvalue weighted by Crippen LogP contribution is 2.19. The van der Waals surface area contributed by atoms with Crippen molar-refractivity contribution >= 4 is 28.9 Å². The average molecular weight is 374 g/mol. The van der Waals surface area contributed by atoms with Gasteiger partial charge in [-0.15, -0.1) is 0 Å². The summed E-state index contributed by atoms with van der Waals surface area (Å²) in [5.74, 6) is -0.683. The summed E-state index contributed by atoms with van der Waals surface area (Å²) in [6.07, 6.45) is 3.15. The summed E-state index contributed by atoms with van der Waals surface area (Å²) in [6, 6.07) is 18.9. The van der Waals surface area contributed by atoms with Crippen LogP contribution < -0.4 is 5.32 Å². The molecule has 1 N–H and O–H groups in total. The third kappa shape index (κ3) is 5.04. The highest BCUT2D eigenvalue weighted by molar-refractivity contribution is 5.92. The number of aryl methyl sites for hydroxylation is 1. The number of ether oxygens (including phenoxy) is 1. The fraction of sp³-hybridized carbons (Fsp3) is 0.174. The van der Waals surface area contributed by atoms with Crippen LogP contribution in [0.15, 0.2) is 66.7 Å². The van der Waals surface area contributed by atoms with Crippen LogP contribution in [0.5, 0.6) is 0 Å². The van der Waals surface area contributed by atoms with Crippen LogP contribution >= 0.6 is 0 Å². The Balaban J connectivity index is 1.74. The zero-order valence-electron chi connectivity index (χ0n) is 15.9. The number of para-hydroxylation sites is 1. The van der Waals surface area contributed by atoms with Crippen LogP contribution in [0, 0.1) is 6.92 Å². The van der Waals surface area contributed by atoms with E-state index >= 15 is 0 Å². The number of amides is 1. The molecule has 5 nitrogen and oxygen atoms in total. The summed E-state index contributed by atoms with van der Waals surface area (Å²) < 4.78 is 4.77. The van der Waals surface area contributed by atoms with Gasteiger partial charge in [-0.05, 0) is 30.7 Å². The van der Waals surface area contributed by atoms with Crippen molar-refractivity contribution in [3.8, 4) is 0 Å². The van der Waals surface area contributed by atoms with E-state index in [9.17, 15) is 9.59 Å². The van der Waals surface area contributed by atoms with Crippen molar-refractivity contribution in [1.29, 1.82) is 0 Å². The number of pyridine rings is 1. The molecule has 3 aromatic rings. The average Bonchev–Trinajstić information content (AvgIpc) is 2.71. The Morgan fingerprint density at radius 3 is 2.71 bits per heavy atom. The third-order valence-electron chi connectivity index (χ3n) is 4.38. The van der Waals surface area contributed by atoms with Crippen LogP contribution in [0.1, 0.15) is 29.3 Å². The molecule has 0 spiro atoms. The molecule has 1 atom stereocenters. The fourth-order valence-corrected chi connectivity index (χ4v) is 2.94. The van der Waals surface area contributed by atoms with Gasteiger partial charge in [0.2, 0.25) is 5.91 Å². The minimum absolute atomic E-state index is 0.0633. The number of rotatable bonds is 6. The second-order valence-electron chi connectivity index (χ2n) is 6.52. The number of carbonyl (C=O) groups excluding carboxylic acids is 2. The zero-order chi connectivity index (χ0) is 19.9. The topological polar surface area (TPSA) is 68.3 Å². The van der Waals surface area contributed by atoms with Crippen molar-refractivity contribution in [2.45, 2.75) is 19.4 Å². The molecule has 1 aromatic heterocycles. The van der Waals surface area contributed by atoms with Gasteiger partial charge in [-0.2, -0.15) is 0 Å². The lowest BCUT2D eigenvalue weighted by Crippen LogP contribution is -2.29. The number of carbonyl (C=O) groups is 2. The maximum Gasteiger partial charge on any atom is 0.307 e. The molecule has 142 valence electrons. The molecule has 0 aliphatic heterocycles. The third-order valence-corrected chi connectivity index (χ3v) is 4.38. The molecule has 0 saturated carbocycles. The molecule has 2 aromatic carbocycles. The molecule has 0 aliphatic rings. The lowest BCUT2D eigenvalue weighted by atomic mass is 10.0. The van der Waals surface area contributed by atoms with E-state index in [1.165, 1.54) is 13.2 Å². The molecule has 0 fully saturated rings. The van der Waals surface area contributed by atoms with Crippen LogP contribution in [-0.2, 0) is 14.3 Å². The Labute approximate surface area is 164 Å².